The van der Waals surface area contributed by atoms with Gasteiger partial charge in [0.2, 0.25) is 0 Å². The van der Waals surface area contributed by atoms with E-state index in [0.29, 0.717) is 56.7 Å². The van der Waals surface area contributed by atoms with Gasteiger partial charge in [-0.3, -0.25) is 34.8 Å². The van der Waals surface area contributed by atoms with Crippen LogP contribution in [0.4, 0.5) is 17.1 Å². The lowest BCUT2D eigenvalue weighted by molar-refractivity contribution is 0.154. The van der Waals surface area contributed by atoms with E-state index >= 15 is 0 Å². The van der Waals surface area contributed by atoms with Gasteiger partial charge >= 0.3 is 0 Å². The zero-order valence-corrected chi connectivity index (χ0v) is 28.7. The van der Waals surface area contributed by atoms with E-state index < -0.39 is 0 Å². The second-order valence-electron chi connectivity index (χ2n) is 11.3. The molecular formula is C42H39N7O3. The van der Waals surface area contributed by atoms with Gasteiger partial charge in [-0.15, -0.1) is 0 Å². The molecule has 0 radical (unpaired) electrons. The van der Waals surface area contributed by atoms with Crippen molar-refractivity contribution in [1.82, 2.24) is 19.9 Å². The summed E-state index contributed by atoms with van der Waals surface area (Å²) in [7, 11) is 0. The first-order valence-corrected chi connectivity index (χ1v) is 17.0. The fraction of sp³-hybridized carbons (Fsp3) is 0.143. The van der Waals surface area contributed by atoms with Crippen LogP contribution >= 0.6 is 0 Å². The van der Waals surface area contributed by atoms with Crippen molar-refractivity contribution >= 4 is 35.7 Å². The first-order valence-electron chi connectivity index (χ1n) is 17.0. The molecular weight excluding hydrogens is 651 g/mol. The van der Waals surface area contributed by atoms with Crippen LogP contribution in [0.5, 0.6) is 17.2 Å². The lowest BCUT2D eigenvalue weighted by Gasteiger charge is -2.23. The third kappa shape index (κ3) is 11.3. The number of hydrogen-bond acceptors (Lipinski definition) is 10. The minimum Gasteiger partial charge on any atom is -0.490 e. The lowest BCUT2D eigenvalue weighted by Crippen LogP contribution is -2.35. The molecule has 3 heterocycles. The molecule has 10 heteroatoms. The first-order chi connectivity index (χ1) is 25.8. The van der Waals surface area contributed by atoms with Crippen LogP contribution in [0.1, 0.15) is 17.1 Å². The van der Waals surface area contributed by atoms with E-state index in [9.17, 15) is 0 Å². The van der Waals surface area contributed by atoms with Crippen LogP contribution < -0.4 is 14.2 Å². The van der Waals surface area contributed by atoms with Gasteiger partial charge in [0.1, 0.15) is 54.1 Å². The standard InChI is InChI=1S/C42H39N7O3/c1-4-19-40(37(16-1)46-31-34-13-7-10-22-43-34)50-28-25-49(26-29-51-41-20-5-2-17-38(41)47-32-35-14-8-11-23-44-35)27-30-52-42-21-6-3-18-39(42)48-33-36-15-9-12-24-45-36/h1-24,31-33H,25-30H2. The summed E-state index contributed by atoms with van der Waals surface area (Å²) in [5.74, 6) is 2.09. The Morgan fingerprint density at radius 3 is 1.02 bits per heavy atom. The van der Waals surface area contributed by atoms with Gasteiger partial charge < -0.3 is 14.2 Å². The normalized spacial score (nSPS) is 11.5. The Hall–Kier alpha value is -6.52. The lowest BCUT2D eigenvalue weighted by atomic mass is 10.3. The number of aliphatic imine (C=N–C) groups is 3. The molecule has 3 aromatic carbocycles. The molecule has 0 aliphatic carbocycles. The molecule has 0 unspecified atom stereocenters. The molecule has 0 amide bonds. The summed E-state index contributed by atoms with van der Waals surface area (Å²) >= 11 is 0. The summed E-state index contributed by atoms with van der Waals surface area (Å²) in [6, 6.07) is 40.3. The van der Waals surface area contributed by atoms with Crippen LogP contribution in [0.15, 0.2) is 161 Å². The predicted molar refractivity (Wildman–Crippen MR) is 207 cm³/mol. The van der Waals surface area contributed by atoms with Crippen molar-refractivity contribution in [2.75, 3.05) is 39.5 Å². The second-order valence-corrected chi connectivity index (χ2v) is 11.3. The Morgan fingerprint density at radius 2 is 0.712 bits per heavy atom. The van der Waals surface area contributed by atoms with Gasteiger partial charge in [-0.2, -0.15) is 0 Å². The first kappa shape index (κ1) is 35.3. The highest BCUT2D eigenvalue weighted by Crippen LogP contribution is 2.29. The average molecular weight is 690 g/mol. The molecule has 0 saturated carbocycles. The highest BCUT2D eigenvalue weighted by Gasteiger charge is 2.11. The molecule has 52 heavy (non-hydrogen) atoms. The van der Waals surface area contributed by atoms with Crippen molar-refractivity contribution in [3.8, 4) is 17.2 Å². The number of ether oxygens (including phenoxy) is 3. The minimum absolute atomic E-state index is 0.437. The number of benzene rings is 3. The highest BCUT2D eigenvalue weighted by atomic mass is 16.5. The van der Waals surface area contributed by atoms with E-state index in [4.69, 9.17) is 14.2 Å². The van der Waals surface area contributed by atoms with Crippen molar-refractivity contribution in [3.63, 3.8) is 0 Å². The summed E-state index contributed by atoms with van der Waals surface area (Å²) in [6.07, 6.45) is 10.4. The Labute approximate surface area is 303 Å². The van der Waals surface area contributed by atoms with Crippen LogP contribution in [0, 0.1) is 0 Å². The van der Waals surface area contributed by atoms with Gasteiger partial charge in [-0.1, -0.05) is 54.6 Å². The predicted octanol–water partition coefficient (Wildman–Crippen LogP) is 7.96. The zero-order chi connectivity index (χ0) is 35.5. The van der Waals surface area contributed by atoms with Gasteiger partial charge in [0, 0.05) is 38.2 Å². The smallest absolute Gasteiger partial charge is 0.144 e. The fourth-order valence-electron chi connectivity index (χ4n) is 5.01. The third-order valence-electron chi connectivity index (χ3n) is 7.66. The fourth-order valence-corrected chi connectivity index (χ4v) is 5.01. The molecule has 10 nitrogen and oxygen atoms in total. The molecule has 260 valence electrons. The van der Waals surface area contributed by atoms with E-state index in [1.165, 1.54) is 0 Å². The van der Waals surface area contributed by atoms with E-state index in [1.54, 1.807) is 37.2 Å². The third-order valence-corrected chi connectivity index (χ3v) is 7.66. The Balaban J connectivity index is 1.09. The SMILES string of the molecule is C(=Nc1ccccc1OCCN(CCOc1ccccc1N=Cc1ccccn1)CCOc1ccccc1N=Cc1ccccn1)c1ccccn1. The molecule has 0 aliphatic heterocycles. The van der Waals surface area contributed by atoms with Crippen molar-refractivity contribution < 1.29 is 14.2 Å². The van der Waals surface area contributed by atoms with E-state index in [1.807, 2.05) is 127 Å². The van der Waals surface area contributed by atoms with Gasteiger partial charge in [0.25, 0.3) is 0 Å². The van der Waals surface area contributed by atoms with Gasteiger partial charge in [-0.25, -0.2) is 0 Å². The zero-order valence-electron chi connectivity index (χ0n) is 28.7. The largest absolute Gasteiger partial charge is 0.490 e. The summed E-state index contributed by atoms with van der Waals surface area (Å²) in [4.78, 5) is 29.1. The molecule has 0 N–H and O–H groups in total. The molecule has 0 aliphatic rings. The van der Waals surface area contributed by atoms with Crippen molar-refractivity contribution in [2.24, 2.45) is 15.0 Å². The summed E-state index contributed by atoms with van der Waals surface area (Å²) in [5.41, 5.74) is 4.52. The number of aromatic nitrogens is 3. The Morgan fingerprint density at radius 1 is 0.404 bits per heavy atom. The van der Waals surface area contributed by atoms with E-state index in [2.05, 4.69) is 34.8 Å². The second kappa shape index (κ2) is 19.6. The molecule has 0 fully saturated rings. The summed E-state index contributed by atoms with van der Waals surface area (Å²) in [5, 5.41) is 0. The van der Waals surface area contributed by atoms with Gasteiger partial charge in [0.05, 0.1) is 35.7 Å². The number of para-hydroxylation sites is 6. The molecule has 0 saturated heterocycles. The maximum Gasteiger partial charge on any atom is 0.144 e. The molecule has 3 aromatic heterocycles. The van der Waals surface area contributed by atoms with Gasteiger partial charge in [0.15, 0.2) is 0 Å². The van der Waals surface area contributed by atoms with E-state index in [-0.39, 0.29) is 0 Å². The Kier molecular flexibility index (Phi) is 13.3. The van der Waals surface area contributed by atoms with E-state index in [0.717, 1.165) is 34.1 Å². The number of nitrogens with zero attached hydrogens (tertiary/aromatic N) is 7. The van der Waals surface area contributed by atoms with Crippen LogP contribution in [-0.2, 0) is 0 Å². The summed E-state index contributed by atoms with van der Waals surface area (Å²) < 4.78 is 18.8. The van der Waals surface area contributed by atoms with Gasteiger partial charge in [-0.05, 0) is 72.8 Å². The highest BCUT2D eigenvalue weighted by molar-refractivity contribution is 5.81. The number of rotatable bonds is 18. The minimum atomic E-state index is 0.437. The molecule has 6 aromatic rings. The van der Waals surface area contributed by atoms with Crippen LogP contribution in [0.2, 0.25) is 0 Å². The number of hydrogen-bond donors (Lipinski definition) is 0. The quantitative estimate of drug-likeness (QED) is 0.0843. The topological polar surface area (TPSA) is 107 Å². The van der Waals surface area contributed by atoms with Crippen LogP contribution in [-0.4, -0.2) is 78.0 Å². The molecule has 6 rings (SSSR count). The maximum absolute atomic E-state index is 6.26. The van der Waals surface area contributed by atoms with Crippen LogP contribution in [0.3, 0.4) is 0 Å². The average Bonchev–Trinajstić information content (AvgIpc) is 3.20. The Bertz CT molecular complexity index is 1810. The monoisotopic (exact) mass is 689 g/mol. The molecule has 0 bridgehead atoms. The van der Waals surface area contributed by atoms with Crippen molar-refractivity contribution in [1.29, 1.82) is 0 Å². The summed E-state index contributed by atoms with van der Waals surface area (Å²) in [6.45, 7) is 3.20. The number of pyridine rings is 3. The molecule has 0 spiro atoms. The van der Waals surface area contributed by atoms with Crippen molar-refractivity contribution in [2.45, 2.75) is 0 Å². The molecule has 0 atom stereocenters. The van der Waals surface area contributed by atoms with Crippen molar-refractivity contribution in [3.05, 3.63) is 163 Å². The maximum atomic E-state index is 6.26. The van der Waals surface area contributed by atoms with Crippen LogP contribution in [0.25, 0.3) is 0 Å².